The van der Waals surface area contributed by atoms with Gasteiger partial charge < -0.3 is 9.80 Å². The molecular weight excluding hydrogens is 392 g/mol. The molecule has 156 valence electrons. The highest BCUT2D eigenvalue weighted by molar-refractivity contribution is 7.13. The first kappa shape index (κ1) is 19.5. The third-order valence-corrected chi connectivity index (χ3v) is 7.22. The summed E-state index contributed by atoms with van der Waals surface area (Å²) in [5.74, 6) is 1.41. The van der Waals surface area contributed by atoms with Crippen LogP contribution in [0.3, 0.4) is 0 Å². The van der Waals surface area contributed by atoms with Crippen LogP contribution in [0.1, 0.15) is 24.5 Å². The number of fused-ring (bicyclic) bond motifs is 2. The summed E-state index contributed by atoms with van der Waals surface area (Å²) in [6, 6.07) is 15.2. The first-order valence-electron chi connectivity index (χ1n) is 11.0. The Balaban J connectivity index is 1.18. The maximum Gasteiger partial charge on any atom is 0.227 e. The first-order chi connectivity index (χ1) is 14.7. The van der Waals surface area contributed by atoms with Crippen molar-refractivity contribution in [3.05, 3.63) is 53.6 Å². The summed E-state index contributed by atoms with van der Waals surface area (Å²) in [6.07, 6.45) is 2.57. The zero-order valence-corrected chi connectivity index (χ0v) is 18.3. The molecule has 0 saturated carbocycles. The number of aromatic nitrogens is 1. The minimum Gasteiger partial charge on any atom is -0.353 e. The molecule has 2 aliphatic rings. The molecule has 0 bridgehead atoms. The van der Waals surface area contributed by atoms with Crippen molar-refractivity contribution in [3.63, 3.8) is 0 Å². The molecule has 0 unspecified atom stereocenters. The summed E-state index contributed by atoms with van der Waals surface area (Å²) in [5, 5.41) is 1.28. The molecule has 1 fully saturated rings. The van der Waals surface area contributed by atoms with Gasteiger partial charge in [-0.05, 0) is 60.6 Å². The molecule has 1 aromatic heterocycles. The first-order valence-corrected chi connectivity index (χ1v) is 11.7. The smallest absolute Gasteiger partial charge is 0.227 e. The maximum absolute atomic E-state index is 12.1. The summed E-state index contributed by atoms with van der Waals surface area (Å²) in [4.78, 5) is 19.0. The van der Waals surface area contributed by atoms with E-state index >= 15 is 0 Å². The van der Waals surface area contributed by atoms with E-state index in [1.807, 2.05) is 4.90 Å². The van der Waals surface area contributed by atoms with Crippen LogP contribution in [0, 0.1) is 0 Å². The van der Waals surface area contributed by atoms with E-state index < -0.39 is 0 Å². The van der Waals surface area contributed by atoms with Crippen molar-refractivity contribution in [3.8, 4) is 0 Å². The number of hydrogen-bond donors (Lipinski definition) is 0. The lowest BCUT2D eigenvalue weighted by Gasteiger charge is -2.35. The van der Waals surface area contributed by atoms with Gasteiger partial charge in [-0.15, -0.1) is 0 Å². The van der Waals surface area contributed by atoms with Gasteiger partial charge in [-0.1, -0.05) is 24.3 Å². The van der Waals surface area contributed by atoms with Crippen LogP contribution >= 0.6 is 11.5 Å². The minimum atomic E-state index is 0.253. The van der Waals surface area contributed by atoms with Crippen LogP contribution < -0.4 is 9.80 Å². The van der Waals surface area contributed by atoms with Crippen LogP contribution in [-0.2, 0) is 17.6 Å². The van der Waals surface area contributed by atoms with E-state index in [-0.39, 0.29) is 5.91 Å². The Morgan fingerprint density at radius 1 is 1.03 bits per heavy atom. The van der Waals surface area contributed by atoms with Crippen LogP contribution in [-0.4, -0.2) is 54.4 Å². The Hall–Kier alpha value is -2.44. The summed E-state index contributed by atoms with van der Waals surface area (Å²) in [6.45, 7) is 8.11. The van der Waals surface area contributed by atoms with Crippen molar-refractivity contribution in [1.82, 2.24) is 9.27 Å². The van der Waals surface area contributed by atoms with E-state index in [4.69, 9.17) is 4.37 Å². The molecule has 3 aromatic rings. The number of aryl methyl sites for hydroxylation is 1. The van der Waals surface area contributed by atoms with Gasteiger partial charge in [0.25, 0.3) is 0 Å². The van der Waals surface area contributed by atoms with Gasteiger partial charge in [-0.25, -0.2) is 0 Å². The fourth-order valence-corrected chi connectivity index (χ4v) is 5.48. The third kappa shape index (κ3) is 3.70. The molecule has 5 nitrogen and oxygen atoms in total. The number of carbonyl (C=O) groups is 1. The van der Waals surface area contributed by atoms with E-state index in [2.05, 4.69) is 59.2 Å². The van der Waals surface area contributed by atoms with E-state index in [0.29, 0.717) is 6.42 Å². The molecule has 1 saturated heterocycles. The molecule has 2 aromatic carbocycles. The van der Waals surface area contributed by atoms with Crippen molar-refractivity contribution in [1.29, 1.82) is 0 Å². The monoisotopic (exact) mass is 420 g/mol. The van der Waals surface area contributed by atoms with Crippen LogP contribution in [0.5, 0.6) is 0 Å². The second-order valence-corrected chi connectivity index (χ2v) is 8.99. The van der Waals surface area contributed by atoms with Gasteiger partial charge in [0.1, 0.15) is 5.82 Å². The molecule has 0 radical (unpaired) electrons. The van der Waals surface area contributed by atoms with Crippen LogP contribution in [0.2, 0.25) is 0 Å². The summed E-state index contributed by atoms with van der Waals surface area (Å²) < 4.78 is 5.99. The molecule has 0 spiro atoms. The zero-order valence-electron chi connectivity index (χ0n) is 17.5. The van der Waals surface area contributed by atoms with Crippen LogP contribution in [0.15, 0.2) is 42.5 Å². The van der Waals surface area contributed by atoms with E-state index in [1.54, 1.807) is 11.5 Å². The van der Waals surface area contributed by atoms with E-state index in [0.717, 1.165) is 63.6 Å². The molecular formula is C24H28N4OS. The maximum atomic E-state index is 12.1. The van der Waals surface area contributed by atoms with Crippen molar-refractivity contribution in [2.45, 2.75) is 26.2 Å². The topological polar surface area (TPSA) is 39.7 Å². The van der Waals surface area contributed by atoms with Crippen LogP contribution in [0.4, 0.5) is 11.5 Å². The highest BCUT2D eigenvalue weighted by Crippen LogP contribution is 2.30. The van der Waals surface area contributed by atoms with Gasteiger partial charge in [0, 0.05) is 56.8 Å². The Labute approximate surface area is 182 Å². The van der Waals surface area contributed by atoms with Gasteiger partial charge in [-0.3, -0.25) is 9.69 Å². The fraction of sp³-hybridized carbons (Fsp3) is 0.417. The average Bonchev–Trinajstić information content (AvgIpc) is 3.22. The number of amides is 1. The summed E-state index contributed by atoms with van der Waals surface area (Å²) >= 11 is 1.60. The van der Waals surface area contributed by atoms with Gasteiger partial charge in [0.05, 0.1) is 4.70 Å². The Kier molecular flexibility index (Phi) is 5.44. The number of carbonyl (C=O) groups excluding carboxylic acids is 1. The van der Waals surface area contributed by atoms with Crippen molar-refractivity contribution >= 4 is 39.0 Å². The Morgan fingerprint density at radius 2 is 1.87 bits per heavy atom. The molecule has 0 aliphatic carbocycles. The fourth-order valence-electron chi connectivity index (χ4n) is 4.69. The highest BCUT2D eigenvalue weighted by Gasteiger charge is 2.23. The van der Waals surface area contributed by atoms with Crippen molar-refractivity contribution in [2.24, 2.45) is 0 Å². The number of piperazine rings is 1. The normalized spacial score (nSPS) is 17.6. The lowest BCUT2D eigenvalue weighted by atomic mass is 9.97. The number of benzene rings is 2. The van der Waals surface area contributed by atoms with Gasteiger partial charge in [-0.2, -0.15) is 4.37 Å². The molecule has 30 heavy (non-hydrogen) atoms. The largest absolute Gasteiger partial charge is 0.353 e. The Morgan fingerprint density at radius 3 is 2.70 bits per heavy atom. The van der Waals surface area contributed by atoms with E-state index in [1.165, 1.54) is 21.2 Å². The summed E-state index contributed by atoms with van der Waals surface area (Å²) in [5.41, 5.74) is 3.82. The minimum absolute atomic E-state index is 0.253. The zero-order chi connectivity index (χ0) is 20.5. The summed E-state index contributed by atoms with van der Waals surface area (Å²) in [7, 11) is 0. The second-order valence-electron chi connectivity index (χ2n) is 8.18. The lowest BCUT2D eigenvalue weighted by molar-refractivity contribution is -0.118. The molecule has 3 heterocycles. The lowest BCUT2D eigenvalue weighted by Crippen LogP contribution is -2.47. The third-order valence-electron chi connectivity index (χ3n) is 6.41. The molecule has 5 rings (SSSR count). The number of anilines is 2. The van der Waals surface area contributed by atoms with Crippen molar-refractivity contribution < 1.29 is 4.79 Å². The standard InChI is InChI=1S/C24H28N4OS/c1-2-28-21-9-7-18(17-19(21)8-10-23(28)29)11-12-26-13-15-27(16-14-26)24-20-5-3-4-6-22(20)30-25-24/h3-7,9,17H,2,8,10-16H2,1H3. The molecule has 6 heteroatoms. The molecule has 1 amide bonds. The van der Waals surface area contributed by atoms with E-state index in [9.17, 15) is 4.79 Å². The average molecular weight is 421 g/mol. The number of rotatable bonds is 5. The predicted molar refractivity (Wildman–Crippen MR) is 125 cm³/mol. The quantitative estimate of drug-likeness (QED) is 0.626. The molecule has 2 aliphatic heterocycles. The van der Waals surface area contributed by atoms with Crippen LogP contribution in [0.25, 0.3) is 10.1 Å². The molecule has 0 N–H and O–H groups in total. The van der Waals surface area contributed by atoms with Gasteiger partial charge in [0.15, 0.2) is 0 Å². The SMILES string of the molecule is CCN1C(=O)CCc2cc(CCN3CCN(c4nsc5ccccc45)CC3)ccc21. The van der Waals surface area contributed by atoms with Gasteiger partial charge in [0.2, 0.25) is 5.91 Å². The van der Waals surface area contributed by atoms with Gasteiger partial charge >= 0.3 is 0 Å². The number of hydrogen-bond acceptors (Lipinski definition) is 5. The molecule has 0 atom stereocenters. The predicted octanol–water partition coefficient (Wildman–Crippen LogP) is 3.96. The van der Waals surface area contributed by atoms with Crippen molar-refractivity contribution in [2.75, 3.05) is 49.1 Å². The number of nitrogens with zero attached hydrogens (tertiary/aromatic N) is 4. The highest BCUT2D eigenvalue weighted by atomic mass is 32.1. The Bertz CT molecular complexity index is 1050. The second kappa shape index (κ2) is 8.36.